The van der Waals surface area contributed by atoms with E-state index in [0.717, 1.165) is 37.8 Å². The molecular formula is C15H30N2O. The van der Waals surface area contributed by atoms with Crippen molar-refractivity contribution in [2.24, 2.45) is 5.92 Å². The number of hydrogen-bond donors (Lipinski definition) is 2. The van der Waals surface area contributed by atoms with E-state index in [1.54, 1.807) is 0 Å². The summed E-state index contributed by atoms with van der Waals surface area (Å²) in [6, 6.07) is 1.48. The third-order valence-corrected chi connectivity index (χ3v) is 4.54. The summed E-state index contributed by atoms with van der Waals surface area (Å²) in [6.07, 6.45) is 9.75. The van der Waals surface area contributed by atoms with Gasteiger partial charge in [0.05, 0.1) is 6.61 Å². The largest absolute Gasteiger partial charge is 0.380 e. The van der Waals surface area contributed by atoms with Gasteiger partial charge in [-0.3, -0.25) is 0 Å². The molecular weight excluding hydrogens is 224 g/mol. The van der Waals surface area contributed by atoms with Crippen molar-refractivity contribution in [2.45, 2.75) is 64.0 Å². The standard InChI is InChI=1S/C15H30N2O/c1-2-18-12-11-17-15-8-4-3-7-13(15)14-9-5-6-10-16-14/h13-17H,2-12H2,1H3. The van der Waals surface area contributed by atoms with E-state index >= 15 is 0 Å². The van der Waals surface area contributed by atoms with Crippen molar-refractivity contribution in [3.05, 3.63) is 0 Å². The van der Waals surface area contributed by atoms with Gasteiger partial charge < -0.3 is 15.4 Å². The fraction of sp³-hybridized carbons (Fsp3) is 1.00. The van der Waals surface area contributed by atoms with Gasteiger partial charge in [0.1, 0.15) is 0 Å². The van der Waals surface area contributed by atoms with E-state index in [2.05, 4.69) is 17.6 Å². The Morgan fingerprint density at radius 2 is 1.94 bits per heavy atom. The van der Waals surface area contributed by atoms with E-state index in [9.17, 15) is 0 Å². The van der Waals surface area contributed by atoms with E-state index in [4.69, 9.17) is 4.74 Å². The third-order valence-electron chi connectivity index (χ3n) is 4.54. The van der Waals surface area contributed by atoms with Gasteiger partial charge in [-0.2, -0.15) is 0 Å². The SMILES string of the molecule is CCOCCNC1CCCCC1C1CCCCN1. The van der Waals surface area contributed by atoms with Crippen LogP contribution in [0.3, 0.4) is 0 Å². The topological polar surface area (TPSA) is 33.3 Å². The molecule has 106 valence electrons. The van der Waals surface area contributed by atoms with Gasteiger partial charge in [0.15, 0.2) is 0 Å². The van der Waals surface area contributed by atoms with Crippen molar-refractivity contribution in [2.75, 3.05) is 26.3 Å². The highest BCUT2D eigenvalue weighted by Crippen LogP contribution is 2.30. The van der Waals surface area contributed by atoms with Gasteiger partial charge in [-0.15, -0.1) is 0 Å². The van der Waals surface area contributed by atoms with Crippen LogP contribution in [0, 0.1) is 5.92 Å². The minimum absolute atomic E-state index is 0.717. The molecule has 0 radical (unpaired) electrons. The Kier molecular flexibility index (Phi) is 6.46. The van der Waals surface area contributed by atoms with Crippen LogP contribution in [0.15, 0.2) is 0 Å². The molecule has 1 saturated carbocycles. The first-order valence-corrected chi connectivity index (χ1v) is 7.96. The highest BCUT2D eigenvalue weighted by atomic mass is 16.5. The second kappa shape index (κ2) is 8.13. The van der Waals surface area contributed by atoms with Crippen LogP contribution in [0.1, 0.15) is 51.9 Å². The summed E-state index contributed by atoms with van der Waals surface area (Å²) in [5.74, 6) is 0.848. The van der Waals surface area contributed by atoms with Crippen molar-refractivity contribution in [3.63, 3.8) is 0 Å². The summed E-state index contributed by atoms with van der Waals surface area (Å²) >= 11 is 0. The summed E-state index contributed by atoms with van der Waals surface area (Å²) in [6.45, 7) is 6.00. The van der Waals surface area contributed by atoms with Crippen LogP contribution in [0.4, 0.5) is 0 Å². The molecule has 2 aliphatic rings. The number of nitrogens with one attached hydrogen (secondary N) is 2. The van der Waals surface area contributed by atoms with Crippen LogP contribution < -0.4 is 10.6 Å². The summed E-state index contributed by atoms with van der Waals surface area (Å²) in [4.78, 5) is 0. The molecule has 0 aromatic carbocycles. The zero-order valence-electron chi connectivity index (χ0n) is 11.9. The second-order valence-corrected chi connectivity index (χ2v) is 5.76. The lowest BCUT2D eigenvalue weighted by molar-refractivity contribution is 0.131. The quantitative estimate of drug-likeness (QED) is 0.714. The third kappa shape index (κ3) is 4.22. The zero-order valence-corrected chi connectivity index (χ0v) is 11.9. The number of rotatable bonds is 6. The fourth-order valence-electron chi connectivity index (χ4n) is 3.60. The van der Waals surface area contributed by atoms with Crippen LogP contribution in [-0.4, -0.2) is 38.4 Å². The minimum Gasteiger partial charge on any atom is -0.380 e. The predicted molar refractivity (Wildman–Crippen MR) is 75.9 cm³/mol. The zero-order chi connectivity index (χ0) is 12.6. The average molecular weight is 254 g/mol. The first-order chi connectivity index (χ1) is 8.92. The summed E-state index contributed by atoms with van der Waals surface area (Å²) in [5, 5.41) is 7.49. The fourth-order valence-corrected chi connectivity index (χ4v) is 3.60. The monoisotopic (exact) mass is 254 g/mol. The Bertz CT molecular complexity index is 217. The molecule has 0 amide bonds. The Morgan fingerprint density at radius 1 is 1.11 bits per heavy atom. The molecule has 1 aliphatic heterocycles. The molecule has 3 atom stereocenters. The number of hydrogen-bond acceptors (Lipinski definition) is 3. The molecule has 1 saturated heterocycles. The Morgan fingerprint density at radius 3 is 2.72 bits per heavy atom. The number of piperidine rings is 1. The van der Waals surface area contributed by atoms with Crippen LogP contribution >= 0.6 is 0 Å². The summed E-state index contributed by atoms with van der Waals surface area (Å²) in [7, 11) is 0. The molecule has 18 heavy (non-hydrogen) atoms. The van der Waals surface area contributed by atoms with Gasteiger partial charge in [0.25, 0.3) is 0 Å². The molecule has 3 nitrogen and oxygen atoms in total. The van der Waals surface area contributed by atoms with E-state index < -0.39 is 0 Å². The van der Waals surface area contributed by atoms with E-state index in [0.29, 0.717) is 0 Å². The molecule has 2 rings (SSSR count). The van der Waals surface area contributed by atoms with Crippen LogP contribution in [-0.2, 0) is 4.74 Å². The normalized spacial score (nSPS) is 33.5. The Hall–Kier alpha value is -0.120. The molecule has 0 aromatic rings. The lowest BCUT2D eigenvalue weighted by Crippen LogP contribution is -2.51. The Labute approximate surface area is 112 Å². The van der Waals surface area contributed by atoms with E-state index in [1.165, 1.54) is 51.5 Å². The van der Waals surface area contributed by atoms with Crippen molar-refractivity contribution < 1.29 is 4.74 Å². The van der Waals surface area contributed by atoms with Gasteiger partial charge in [-0.1, -0.05) is 19.3 Å². The lowest BCUT2D eigenvalue weighted by Gasteiger charge is -2.40. The van der Waals surface area contributed by atoms with Crippen molar-refractivity contribution >= 4 is 0 Å². The van der Waals surface area contributed by atoms with Gasteiger partial charge in [0, 0.05) is 25.2 Å². The molecule has 3 heteroatoms. The van der Waals surface area contributed by atoms with Crippen molar-refractivity contribution in [1.82, 2.24) is 10.6 Å². The highest BCUT2D eigenvalue weighted by Gasteiger charge is 2.31. The maximum Gasteiger partial charge on any atom is 0.0590 e. The van der Waals surface area contributed by atoms with Gasteiger partial charge in [-0.25, -0.2) is 0 Å². The first-order valence-electron chi connectivity index (χ1n) is 7.96. The lowest BCUT2D eigenvalue weighted by atomic mass is 9.77. The smallest absolute Gasteiger partial charge is 0.0590 e. The molecule has 1 aliphatic carbocycles. The number of ether oxygens (including phenoxy) is 1. The maximum absolute atomic E-state index is 5.43. The van der Waals surface area contributed by atoms with Gasteiger partial charge in [0.2, 0.25) is 0 Å². The molecule has 3 unspecified atom stereocenters. The van der Waals surface area contributed by atoms with Crippen LogP contribution in [0.2, 0.25) is 0 Å². The second-order valence-electron chi connectivity index (χ2n) is 5.76. The molecule has 0 aromatic heterocycles. The highest BCUT2D eigenvalue weighted by molar-refractivity contribution is 4.90. The predicted octanol–water partition coefficient (Wildman–Crippen LogP) is 2.31. The van der Waals surface area contributed by atoms with Gasteiger partial charge in [-0.05, 0) is 45.1 Å². The minimum atomic E-state index is 0.717. The summed E-state index contributed by atoms with van der Waals surface area (Å²) < 4.78 is 5.43. The average Bonchev–Trinajstić information content (AvgIpc) is 2.45. The molecule has 0 spiro atoms. The van der Waals surface area contributed by atoms with E-state index in [1.807, 2.05) is 0 Å². The van der Waals surface area contributed by atoms with Crippen LogP contribution in [0.5, 0.6) is 0 Å². The Balaban J connectivity index is 1.77. The van der Waals surface area contributed by atoms with Crippen molar-refractivity contribution in [1.29, 1.82) is 0 Å². The molecule has 0 bridgehead atoms. The van der Waals surface area contributed by atoms with Crippen molar-refractivity contribution in [3.8, 4) is 0 Å². The first kappa shape index (κ1) is 14.3. The summed E-state index contributed by atoms with van der Waals surface area (Å²) in [5.41, 5.74) is 0. The molecule has 2 N–H and O–H groups in total. The maximum atomic E-state index is 5.43. The molecule has 1 heterocycles. The van der Waals surface area contributed by atoms with E-state index in [-0.39, 0.29) is 0 Å². The van der Waals surface area contributed by atoms with Gasteiger partial charge >= 0.3 is 0 Å². The molecule has 2 fully saturated rings. The van der Waals surface area contributed by atoms with Crippen LogP contribution in [0.25, 0.3) is 0 Å².